The van der Waals surface area contributed by atoms with Gasteiger partial charge in [0.05, 0.1) is 0 Å². The lowest BCUT2D eigenvalue weighted by Gasteiger charge is -2.03. The number of allylic oxidation sites excluding steroid dienone is 3. The lowest BCUT2D eigenvalue weighted by molar-refractivity contribution is 0.725. The zero-order valence-corrected chi connectivity index (χ0v) is 6.82. The van der Waals surface area contributed by atoms with Crippen LogP contribution >= 0.6 is 11.8 Å². The average Bonchev–Trinajstić information content (AvgIpc) is 2.27. The minimum Gasteiger partial charge on any atom is -0.127 e. The van der Waals surface area contributed by atoms with Crippen LogP contribution < -0.4 is 0 Å². The summed E-state index contributed by atoms with van der Waals surface area (Å²) < 4.78 is 0. The predicted octanol–water partition coefficient (Wildman–Crippen LogP) is 2.74. The molecule has 0 radical (unpaired) electrons. The number of hydrogen-bond donors (Lipinski definition) is 0. The average molecular weight is 150 g/mol. The van der Waals surface area contributed by atoms with Crippen LogP contribution in [0.25, 0.3) is 0 Å². The Morgan fingerprint density at radius 3 is 3.40 bits per heavy atom. The summed E-state index contributed by atoms with van der Waals surface area (Å²) in [7, 11) is 0. The zero-order valence-electron chi connectivity index (χ0n) is 6.00. The first kappa shape index (κ1) is 6.33. The van der Waals surface area contributed by atoms with Gasteiger partial charge in [0, 0.05) is 11.2 Å². The smallest absolute Gasteiger partial charge is 0.0165 e. The van der Waals surface area contributed by atoms with Gasteiger partial charge in [0.25, 0.3) is 0 Å². The van der Waals surface area contributed by atoms with E-state index in [-0.39, 0.29) is 0 Å². The molecule has 0 aromatic heterocycles. The van der Waals surface area contributed by atoms with Gasteiger partial charge in [-0.3, -0.25) is 0 Å². The molecule has 0 nitrogen and oxygen atoms in total. The second-order valence-corrected chi connectivity index (χ2v) is 4.35. The first-order valence-electron chi connectivity index (χ1n) is 3.66. The van der Waals surface area contributed by atoms with Crippen molar-refractivity contribution in [2.45, 2.75) is 18.6 Å². The Bertz CT molecular complexity index is 231. The number of rotatable bonds is 0. The van der Waals surface area contributed by atoms with Crippen LogP contribution in [0.1, 0.15) is 13.3 Å². The Kier molecular flexibility index (Phi) is 1.48. The van der Waals surface area contributed by atoms with Gasteiger partial charge in [0.2, 0.25) is 0 Å². The molecule has 0 N–H and O–H groups in total. The molecule has 1 heterocycles. The van der Waals surface area contributed by atoms with Crippen LogP contribution in [0, 0.1) is 5.92 Å². The molecule has 1 aliphatic heterocycles. The Balaban J connectivity index is 2.28. The highest BCUT2D eigenvalue weighted by molar-refractivity contribution is 8.03. The van der Waals surface area contributed by atoms with Crippen molar-refractivity contribution in [3.8, 4) is 0 Å². The van der Waals surface area contributed by atoms with Crippen molar-refractivity contribution in [1.82, 2.24) is 0 Å². The molecule has 52 valence electrons. The van der Waals surface area contributed by atoms with E-state index >= 15 is 0 Å². The van der Waals surface area contributed by atoms with E-state index in [4.69, 9.17) is 0 Å². The molecule has 0 aromatic carbocycles. The number of fused-ring (bicyclic) bond motifs is 1. The fraction of sp³-hybridized carbons (Fsp3) is 0.444. The molecule has 10 heavy (non-hydrogen) atoms. The lowest BCUT2D eigenvalue weighted by Crippen LogP contribution is -1.94. The standard InChI is InChI=1S/C9H10S/c1-7-6-8-4-2-3-5-9(8)10-7/h3-5,7-8H,6H2,1H3. The fourth-order valence-electron chi connectivity index (χ4n) is 1.46. The van der Waals surface area contributed by atoms with E-state index in [0.717, 1.165) is 5.25 Å². The van der Waals surface area contributed by atoms with Gasteiger partial charge in [-0.1, -0.05) is 6.92 Å². The van der Waals surface area contributed by atoms with Crippen LogP contribution in [-0.2, 0) is 0 Å². The molecule has 2 unspecified atom stereocenters. The molecule has 2 aliphatic rings. The number of hydrogen-bond acceptors (Lipinski definition) is 1. The molecule has 0 bridgehead atoms. The summed E-state index contributed by atoms with van der Waals surface area (Å²) >= 11 is 2.01. The first-order chi connectivity index (χ1) is 4.86. The largest absolute Gasteiger partial charge is 0.127 e. The third-order valence-corrected chi connectivity index (χ3v) is 3.24. The Hall–Kier alpha value is -0.390. The van der Waals surface area contributed by atoms with E-state index in [1.165, 1.54) is 11.3 Å². The Labute approximate surface area is 65.7 Å². The van der Waals surface area contributed by atoms with Crippen LogP contribution in [0.15, 0.2) is 28.9 Å². The van der Waals surface area contributed by atoms with Crippen molar-refractivity contribution in [1.29, 1.82) is 0 Å². The van der Waals surface area contributed by atoms with Crippen LogP contribution in [-0.4, -0.2) is 5.25 Å². The van der Waals surface area contributed by atoms with Crippen molar-refractivity contribution in [2.75, 3.05) is 0 Å². The van der Waals surface area contributed by atoms with Gasteiger partial charge >= 0.3 is 0 Å². The summed E-state index contributed by atoms with van der Waals surface area (Å²) in [6.45, 7) is 2.29. The first-order valence-corrected chi connectivity index (χ1v) is 4.53. The van der Waals surface area contributed by atoms with E-state index < -0.39 is 0 Å². The maximum absolute atomic E-state index is 3.14. The van der Waals surface area contributed by atoms with Gasteiger partial charge in [0.15, 0.2) is 0 Å². The SMILES string of the molecule is CC1CC2C=C=CC=C2S1. The molecule has 0 amide bonds. The predicted molar refractivity (Wildman–Crippen MR) is 45.9 cm³/mol. The molecule has 0 aromatic rings. The van der Waals surface area contributed by atoms with Gasteiger partial charge < -0.3 is 0 Å². The van der Waals surface area contributed by atoms with Crippen molar-refractivity contribution < 1.29 is 0 Å². The Morgan fingerprint density at radius 1 is 1.70 bits per heavy atom. The summed E-state index contributed by atoms with van der Waals surface area (Å²) in [6, 6.07) is 0. The molecular weight excluding hydrogens is 140 g/mol. The summed E-state index contributed by atoms with van der Waals surface area (Å²) in [5.74, 6) is 0.699. The van der Waals surface area contributed by atoms with Crippen LogP contribution in [0.2, 0.25) is 0 Å². The molecular formula is C9H10S. The summed E-state index contributed by atoms with van der Waals surface area (Å²) in [5, 5.41) is 0.806. The topological polar surface area (TPSA) is 0 Å². The molecule has 0 spiro atoms. The van der Waals surface area contributed by atoms with Gasteiger partial charge in [-0.05, 0) is 29.6 Å². The van der Waals surface area contributed by atoms with Crippen molar-refractivity contribution in [3.63, 3.8) is 0 Å². The quantitative estimate of drug-likeness (QED) is 0.478. The van der Waals surface area contributed by atoms with Crippen LogP contribution in [0.3, 0.4) is 0 Å². The second-order valence-electron chi connectivity index (χ2n) is 2.84. The van der Waals surface area contributed by atoms with E-state index in [2.05, 4.69) is 24.8 Å². The number of thioether (sulfide) groups is 1. The summed E-state index contributed by atoms with van der Waals surface area (Å²) in [6.07, 6.45) is 7.69. The third-order valence-electron chi connectivity index (χ3n) is 1.93. The molecule has 0 saturated carbocycles. The maximum Gasteiger partial charge on any atom is 0.0165 e. The van der Waals surface area contributed by atoms with Gasteiger partial charge in [-0.2, -0.15) is 0 Å². The monoisotopic (exact) mass is 150 g/mol. The van der Waals surface area contributed by atoms with Crippen molar-refractivity contribution in [2.24, 2.45) is 5.92 Å². The molecule has 2 atom stereocenters. The zero-order chi connectivity index (χ0) is 6.97. The van der Waals surface area contributed by atoms with Gasteiger partial charge in [-0.15, -0.1) is 17.5 Å². The fourth-order valence-corrected chi connectivity index (χ4v) is 2.71. The molecule has 2 rings (SSSR count). The maximum atomic E-state index is 3.14. The highest BCUT2D eigenvalue weighted by Crippen LogP contribution is 2.42. The second kappa shape index (κ2) is 2.34. The minimum atomic E-state index is 0.699. The van der Waals surface area contributed by atoms with Crippen LogP contribution in [0.5, 0.6) is 0 Å². The highest BCUT2D eigenvalue weighted by atomic mass is 32.2. The molecule has 1 heteroatoms. The summed E-state index contributed by atoms with van der Waals surface area (Å²) in [4.78, 5) is 1.53. The van der Waals surface area contributed by atoms with E-state index in [1.807, 2.05) is 17.8 Å². The normalized spacial score (nSPS) is 35.9. The van der Waals surface area contributed by atoms with E-state index in [9.17, 15) is 0 Å². The highest BCUT2D eigenvalue weighted by Gasteiger charge is 2.25. The third kappa shape index (κ3) is 0.960. The molecule has 1 aliphatic carbocycles. The van der Waals surface area contributed by atoms with Crippen molar-refractivity contribution >= 4 is 11.8 Å². The molecule has 1 saturated heterocycles. The lowest BCUT2D eigenvalue weighted by atomic mass is 10.0. The van der Waals surface area contributed by atoms with E-state index in [0.29, 0.717) is 5.92 Å². The Morgan fingerprint density at radius 2 is 2.60 bits per heavy atom. The minimum absolute atomic E-state index is 0.699. The van der Waals surface area contributed by atoms with E-state index in [1.54, 1.807) is 0 Å². The van der Waals surface area contributed by atoms with Crippen LogP contribution in [0.4, 0.5) is 0 Å². The molecule has 1 fully saturated rings. The van der Waals surface area contributed by atoms with Gasteiger partial charge in [-0.25, -0.2) is 0 Å². The van der Waals surface area contributed by atoms with Crippen molar-refractivity contribution in [3.05, 3.63) is 28.9 Å². The van der Waals surface area contributed by atoms with Gasteiger partial charge in [0.1, 0.15) is 0 Å². The summed E-state index contributed by atoms with van der Waals surface area (Å²) in [5.41, 5.74) is 3.14.